The van der Waals surface area contributed by atoms with Crippen molar-refractivity contribution >= 4 is 28.4 Å². The minimum Gasteiger partial charge on any atom is -0.383 e. The summed E-state index contributed by atoms with van der Waals surface area (Å²) in [5.74, 6) is -0.146. The van der Waals surface area contributed by atoms with Gasteiger partial charge in [-0.2, -0.15) is 0 Å². The Morgan fingerprint density at radius 1 is 1.40 bits per heavy atom. The third-order valence-electron chi connectivity index (χ3n) is 2.88. The Hall–Kier alpha value is -1.85. The summed E-state index contributed by atoms with van der Waals surface area (Å²) in [5, 5.41) is 3.80. The highest BCUT2D eigenvalue weighted by atomic mass is 35.5. The number of carbonyl (C=O) groups excluding carboxylic acids is 1. The first-order chi connectivity index (χ1) is 9.61. The van der Waals surface area contributed by atoms with Crippen molar-refractivity contribution in [3.05, 3.63) is 45.7 Å². The zero-order chi connectivity index (χ0) is 14.5. The number of benzene rings is 1. The van der Waals surface area contributed by atoms with Crippen LogP contribution < -0.4 is 10.7 Å². The number of nitrogens with one attached hydrogen (secondary N) is 1. The van der Waals surface area contributed by atoms with Gasteiger partial charge < -0.3 is 14.6 Å². The van der Waals surface area contributed by atoms with Crippen LogP contribution in [0.3, 0.4) is 0 Å². The van der Waals surface area contributed by atoms with Gasteiger partial charge in [-0.05, 0) is 18.2 Å². The second-order valence-electron chi connectivity index (χ2n) is 4.31. The molecule has 20 heavy (non-hydrogen) atoms. The lowest BCUT2D eigenvalue weighted by atomic mass is 10.2. The van der Waals surface area contributed by atoms with Gasteiger partial charge in [-0.1, -0.05) is 11.6 Å². The topological polar surface area (TPSA) is 60.3 Å². The fourth-order valence-corrected chi connectivity index (χ4v) is 2.09. The van der Waals surface area contributed by atoms with E-state index in [1.54, 1.807) is 36.1 Å². The standard InChI is InChI=1S/C14H15ClN2O3/c1-20-7-5-16-14(19)9-17-6-4-13(18)11-3-2-10(15)8-12(11)17/h2-4,6,8H,5,7,9H2,1H3,(H,16,19). The summed E-state index contributed by atoms with van der Waals surface area (Å²) in [5.41, 5.74) is 0.555. The number of pyridine rings is 1. The molecule has 106 valence electrons. The van der Waals surface area contributed by atoms with E-state index in [0.717, 1.165) is 0 Å². The van der Waals surface area contributed by atoms with Gasteiger partial charge in [0.25, 0.3) is 0 Å². The first-order valence-electron chi connectivity index (χ1n) is 6.16. The molecular weight excluding hydrogens is 280 g/mol. The molecule has 0 aliphatic carbocycles. The number of aromatic nitrogens is 1. The van der Waals surface area contributed by atoms with Gasteiger partial charge in [-0.15, -0.1) is 0 Å². The van der Waals surface area contributed by atoms with E-state index in [1.807, 2.05) is 0 Å². The molecular formula is C14H15ClN2O3. The third kappa shape index (κ3) is 3.37. The molecule has 0 atom stereocenters. The normalized spacial score (nSPS) is 10.7. The molecule has 0 aliphatic heterocycles. The van der Waals surface area contributed by atoms with Gasteiger partial charge in [0, 0.05) is 36.3 Å². The number of nitrogens with zero attached hydrogens (tertiary/aromatic N) is 1. The minimum absolute atomic E-state index is 0.0901. The maximum atomic E-state index is 11.8. The molecule has 1 N–H and O–H groups in total. The maximum Gasteiger partial charge on any atom is 0.240 e. The average molecular weight is 295 g/mol. The first-order valence-corrected chi connectivity index (χ1v) is 6.54. The van der Waals surface area contributed by atoms with Crippen LogP contribution in [0.15, 0.2) is 35.3 Å². The number of amides is 1. The molecule has 1 amide bonds. The second-order valence-corrected chi connectivity index (χ2v) is 4.75. The van der Waals surface area contributed by atoms with Crippen LogP contribution in [-0.2, 0) is 16.1 Å². The Bertz CT molecular complexity index is 682. The van der Waals surface area contributed by atoms with E-state index in [1.165, 1.54) is 6.07 Å². The van der Waals surface area contributed by atoms with Crippen molar-refractivity contribution in [2.75, 3.05) is 20.3 Å². The van der Waals surface area contributed by atoms with Gasteiger partial charge in [0.15, 0.2) is 5.43 Å². The zero-order valence-electron chi connectivity index (χ0n) is 11.1. The van der Waals surface area contributed by atoms with Crippen molar-refractivity contribution < 1.29 is 9.53 Å². The second kappa shape index (κ2) is 6.54. The summed E-state index contributed by atoms with van der Waals surface area (Å²) in [7, 11) is 1.57. The quantitative estimate of drug-likeness (QED) is 0.849. The van der Waals surface area contributed by atoms with Crippen LogP contribution >= 0.6 is 11.6 Å². The Morgan fingerprint density at radius 2 is 2.20 bits per heavy atom. The van der Waals surface area contributed by atoms with Crippen LogP contribution in [0.1, 0.15) is 0 Å². The van der Waals surface area contributed by atoms with E-state index in [2.05, 4.69) is 5.32 Å². The van der Waals surface area contributed by atoms with Gasteiger partial charge in [0.05, 0.1) is 12.1 Å². The number of hydrogen-bond acceptors (Lipinski definition) is 3. The van der Waals surface area contributed by atoms with Crippen molar-refractivity contribution in [3.63, 3.8) is 0 Å². The van der Waals surface area contributed by atoms with Crippen LogP contribution in [0.4, 0.5) is 0 Å². The predicted octanol–water partition coefficient (Wildman–Crippen LogP) is 1.42. The lowest BCUT2D eigenvalue weighted by Gasteiger charge is -2.11. The average Bonchev–Trinajstić information content (AvgIpc) is 2.42. The highest BCUT2D eigenvalue weighted by Gasteiger charge is 2.07. The van der Waals surface area contributed by atoms with E-state index in [0.29, 0.717) is 29.1 Å². The van der Waals surface area contributed by atoms with Crippen LogP contribution in [0.25, 0.3) is 10.9 Å². The molecule has 2 aromatic rings. The van der Waals surface area contributed by atoms with Crippen molar-refractivity contribution in [1.29, 1.82) is 0 Å². The van der Waals surface area contributed by atoms with Crippen molar-refractivity contribution in [2.45, 2.75) is 6.54 Å². The SMILES string of the molecule is COCCNC(=O)Cn1ccc(=O)c2ccc(Cl)cc21. The number of fused-ring (bicyclic) bond motifs is 1. The molecule has 0 aliphatic rings. The van der Waals surface area contributed by atoms with E-state index in [-0.39, 0.29) is 17.9 Å². The summed E-state index contributed by atoms with van der Waals surface area (Å²) in [6.45, 7) is 1.04. The van der Waals surface area contributed by atoms with E-state index in [4.69, 9.17) is 16.3 Å². The van der Waals surface area contributed by atoms with Crippen LogP contribution in [0, 0.1) is 0 Å². The zero-order valence-corrected chi connectivity index (χ0v) is 11.8. The number of ether oxygens (including phenoxy) is 1. The summed E-state index contributed by atoms with van der Waals surface area (Å²) >= 11 is 5.95. The number of halogens is 1. The molecule has 6 heteroatoms. The van der Waals surface area contributed by atoms with Gasteiger partial charge in [0.1, 0.15) is 6.54 Å². The molecule has 0 bridgehead atoms. The van der Waals surface area contributed by atoms with Crippen molar-refractivity contribution in [1.82, 2.24) is 9.88 Å². The predicted molar refractivity (Wildman–Crippen MR) is 78.1 cm³/mol. The molecule has 0 fully saturated rings. The summed E-state index contributed by atoms with van der Waals surface area (Å²) in [6, 6.07) is 6.45. The fourth-order valence-electron chi connectivity index (χ4n) is 1.92. The Labute approximate surface area is 121 Å². The first kappa shape index (κ1) is 14.6. The van der Waals surface area contributed by atoms with Gasteiger partial charge in [-0.25, -0.2) is 0 Å². The van der Waals surface area contributed by atoms with Gasteiger partial charge in [-0.3, -0.25) is 9.59 Å². The number of methoxy groups -OCH3 is 1. The van der Waals surface area contributed by atoms with Crippen LogP contribution in [-0.4, -0.2) is 30.7 Å². The van der Waals surface area contributed by atoms with Crippen molar-refractivity contribution in [3.8, 4) is 0 Å². The minimum atomic E-state index is -0.146. The molecule has 5 nitrogen and oxygen atoms in total. The molecule has 0 spiro atoms. The summed E-state index contributed by atoms with van der Waals surface area (Å²) < 4.78 is 6.56. The Balaban J connectivity index is 2.26. The van der Waals surface area contributed by atoms with E-state index < -0.39 is 0 Å². The molecule has 0 radical (unpaired) electrons. The smallest absolute Gasteiger partial charge is 0.240 e. The number of hydrogen-bond donors (Lipinski definition) is 1. The van der Waals surface area contributed by atoms with Crippen LogP contribution in [0.5, 0.6) is 0 Å². The van der Waals surface area contributed by atoms with Gasteiger partial charge in [0.2, 0.25) is 5.91 Å². The number of carbonyl (C=O) groups is 1. The summed E-state index contributed by atoms with van der Waals surface area (Å²) in [6.07, 6.45) is 1.59. The monoisotopic (exact) mass is 294 g/mol. The molecule has 2 rings (SSSR count). The Morgan fingerprint density at radius 3 is 2.95 bits per heavy atom. The third-order valence-corrected chi connectivity index (χ3v) is 3.12. The molecule has 0 saturated heterocycles. The van der Waals surface area contributed by atoms with E-state index in [9.17, 15) is 9.59 Å². The largest absolute Gasteiger partial charge is 0.383 e. The molecule has 0 saturated carbocycles. The Kier molecular flexibility index (Phi) is 4.76. The molecule has 0 unspecified atom stereocenters. The van der Waals surface area contributed by atoms with E-state index >= 15 is 0 Å². The fraction of sp³-hybridized carbons (Fsp3) is 0.286. The number of rotatable bonds is 5. The van der Waals surface area contributed by atoms with Gasteiger partial charge >= 0.3 is 0 Å². The lowest BCUT2D eigenvalue weighted by Crippen LogP contribution is -2.30. The van der Waals surface area contributed by atoms with Crippen LogP contribution in [0.2, 0.25) is 5.02 Å². The molecule has 1 aromatic carbocycles. The summed E-state index contributed by atoms with van der Waals surface area (Å²) in [4.78, 5) is 23.6. The highest BCUT2D eigenvalue weighted by molar-refractivity contribution is 6.31. The highest BCUT2D eigenvalue weighted by Crippen LogP contribution is 2.16. The molecule has 1 aromatic heterocycles. The lowest BCUT2D eigenvalue weighted by molar-refractivity contribution is -0.121. The maximum absolute atomic E-state index is 11.8. The van der Waals surface area contributed by atoms with Crippen molar-refractivity contribution in [2.24, 2.45) is 0 Å². The molecule has 1 heterocycles.